The minimum atomic E-state index is -0.458. The van der Waals surface area contributed by atoms with Crippen LogP contribution in [0.3, 0.4) is 0 Å². The fraction of sp³-hybridized carbons (Fsp3) is 0.409. The summed E-state index contributed by atoms with van der Waals surface area (Å²) in [6, 6.07) is 11.4. The lowest BCUT2D eigenvalue weighted by molar-refractivity contribution is 0.209. The topological polar surface area (TPSA) is 50.8 Å². The highest BCUT2D eigenvalue weighted by Crippen LogP contribution is 2.29. The lowest BCUT2D eigenvalue weighted by Gasteiger charge is -2.23. The van der Waals surface area contributed by atoms with Crippen LogP contribution in [0.5, 0.6) is 11.5 Å². The van der Waals surface area contributed by atoms with Gasteiger partial charge < -0.3 is 19.7 Å². The smallest absolute Gasteiger partial charge is 0.322 e. The van der Waals surface area contributed by atoms with Gasteiger partial charge in [0.1, 0.15) is 5.82 Å². The molecule has 0 bridgehead atoms. The number of nitrogens with zero attached hydrogens (tertiary/aromatic N) is 1. The van der Waals surface area contributed by atoms with Crippen molar-refractivity contribution >= 4 is 11.7 Å². The van der Waals surface area contributed by atoms with Gasteiger partial charge in [-0.15, -0.1) is 0 Å². The van der Waals surface area contributed by atoms with Gasteiger partial charge in [0.05, 0.1) is 19.4 Å². The summed E-state index contributed by atoms with van der Waals surface area (Å²) >= 11 is 0. The molecule has 0 unspecified atom stereocenters. The molecule has 0 aliphatic rings. The SMILES string of the molecule is CCCN(Cc1ccc(OCC(C)C)c(OC)c1)C(=O)Nc1ccccc1F. The zero-order valence-electron chi connectivity index (χ0n) is 17.0. The van der Waals surface area contributed by atoms with E-state index in [2.05, 4.69) is 19.2 Å². The summed E-state index contributed by atoms with van der Waals surface area (Å²) < 4.78 is 25.0. The number of para-hydroxylation sites is 1. The standard InChI is InChI=1S/C22H29FN2O3/c1-5-12-25(22(26)24-19-9-7-6-8-18(19)23)14-17-10-11-20(21(13-17)27-4)28-15-16(2)3/h6-11,13,16H,5,12,14-15H2,1-4H3,(H,24,26). The van der Waals surface area contributed by atoms with E-state index in [1.54, 1.807) is 30.2 Å². The van der Waals surface area contributed by atoms with E-state index in [9.17, 15) is 9.18 Å². The number of rotatable bonds is 9. The molecule has 2 aromatic carbocycles. The molecular weight excluding hydrogens is 359 g/mol. The van der Waals surface area contributed by atoms with Crippen LogP contribution in [0.25, 0.3) is 0 Å². The van der Waals surface area contributed by atoms with Crippen LogP contribution in [0.15, 0.2) is 42.5 Å². The molecule has 2 rings (SSSR count). The molecule has 0 fully saturated rings. The number of methoxy groups -OCH3 is 1. The third kappa shape index (κ3) is 6.15. The molecule has 0 aromatic heterocycles. The molecule has 0 heterocycles. The highest BCUT2D eigenvalue weighted by molar-refractivity contribution is 5.89. The highest BCUT2D eigenvalue weighted by Gasteiger charge is 2.16. The summed E-state index contributed by atoms with van der Waals surface area (Å²) in [4.78, 5) is 14.3. The van der Waals surface area contributed by atoms with Gasteiger partial charge in [0.2, 0.25) is 0 Å². The molecule has 5 nitrogen and oxygen atoms in total. The predicted octanol–water partition coefficient (Wildman–Crippen LogP) is 5.31. The number of carbonyl (C=O) groups is 1. The van der Waals surface area contributed by atoms with Gasteiger partial charge in [0.25, 0.3) is 0 Å². The van der Waals surface area contributed by atoms with Crippen LogP contribution in [0.1, 0.15) is 32.8 Å². The molecule has 28 heavy (non-hydrogen) atoms. The van der Waals surface area contributed by atoms with Crippen molar-refractivity contribution < 1.29 is 18.7 Å². The van der Waals surface area contributed by atoms with Gasteiger partial charge in [-0.1, -0.05) is 39.0 Å². The van der Waals surface area contributed by atoms with Crippen LogP contribution in [-0.2, 0) is 6.54 Å². The summed E-state index contributed by atoms with van der Waals surface area (Å²) in [6.07, 6.45) is 0.789. The van der Waals surface area contributed by atoms with Gasteiger partial charge in [-0.25, -0.2) is 9.18 Å². The van der Waals surface area contributed by atoms with E-state index >= 15 is 0 Å². The lowest BCUT2D eigenvalue weighted by Crippen LogP contribution is -2.35. The Bertz CT molecular complexity index is 780. The Morgan fingerprint density at radius 2 is 1.93 bits per heavy atom. The summed E-state index contributed by atoms with van der Waals surface area (Å²) in [5, 5.41) is 2.64. The lowest BCUT2D eigenvalue weighted by atomic mass is 10.1. The Balaban J connectivity index is 2.12. The largest absolute Gasteiger partial charge is 0.493 e. The van der Waals surface area contributed by atoms with Crippen molar-refractivity contribution in [2.75, 3.05) is 25.6 Å². The average Bonchev–Trinajstić information content (AvgIpc) is 2.68. The number of nitrogens with one attached hydrogen (secondary N) is 1. The van der Waals surface area contributed by atoms with E-state index in [-0.39, 0.29) is 11.7 Å². The number of amides is 2. The van der Waals surface area contributed by atoms with Gasteiger partial charge in [0.15, 0.2) is 11.5 Å². The van der Waals surface area contributed by atoms with Gasteiger partial charge in [-0.2, -0.15) is 0 Å². The number of ether oxygens (including phenoxy) is 2. The van der Waals surface area contributed by atoms with Crippen molar-refractivity contribution in [1.82, 2.24) is 4.90 Å². The quantitative estimate of drug-likeness (QED) is 0.633. The van der Waals surface area contributed by atoms with Crippen molar-refractivity contribution in [2.24, 2.45) is 5.92 Å². The Morgan fingerprint density at radius 1 is 1.18 bits per heavy atom. The summed E-state index contributed by atoms with van der Waals surface area (Å²) in [5.74, 6) is 1.26. The summed E-state index contributed by atoms with van der Waals surface area (Å²) in [5.41, 5.74) is 1.08. The monoisotopic (exact) mass is 388 g/mol. The third-order valence-corrected chi connectivity index (χ3v) is 4.07. The van der Waals surface area contributed by atoms with E-state index in [0.717, 1.165) is 12.0 Å². The highest BCUT2D eigenvalue weighted by atomic mass is 19.1. The first-order chi connectivity index (χ1) is 13.4. The number of benzene rings is 2. The van der Waals surface area contributed by atoms with E-state index in [1.807, 2.05) is 25.1 Å². The molecular formula is C22H29FN2O3. The van der Waals surface area contributed by atoms with Crippen molar-refractivity contribution in [3.05, 3.63) is 53.8 Å². The Kier molecular flexibility index (Phi) is 8.11. The number of halogens is 1. The molecule has 0 saturated carbocycles. The number of urea groups is 1. The van der Waals surface area contributed by atoms with Gasteiger partial charge >= 0.3 is 6.03 Å². The minimum Gasteiger partial charge on any atom is -0.493 e. The number of hydrogen-bond donors (Lipinski definition) is 1. The number of carbonyl (C=O) groups excluding carboxylic acids is 1. The van der Waals surface area contributed by atoms with Gasteiger partial charge in [0, 0.05) is 13.1 Å². The van der Waals surface area contributed by atoms with Crippen LogP contribution in [-0.4, -0.2) is 31.2 Å². The second-order valence-corrected chi connectivity index (χ2v) is 7.02. The van der Waals surface area contributed by atoms with Crippen LogP contribution in [0.4, 0.5) is 14.9 Å². The maximum atomic E-state index is 13.8. The van der Waals surface area contributed by atoms with Crippen molar-refractivity contribution in [3.63, 3.8) is 0 Å². The van der Waals surface area contributed by atoms with Gasteiger partial charge in [-0.3, -0.25) is 0 Å². The number of hydrogen-bond acceptors (Lipinski definition) is 3. The Hall–Kier alpha value is -2.76. The molecule has 6 heteroatoms. The molecule has 0 spiro atoms. The predicted molar refractivity (Wildman–Crippen MR) is 109 cm³/mol. The van der Waals surface area contributed by atoms with Crippen LogP contribution in [0, 0.1) is 11.7 Å². The fourth-order valence-electron chi connectivity index (χ4n) is 2.69. The molecule has 152 valence electrons. The van der Waals surface area contributed by atoms with Crippen LogP contribution >= 0.6 is 0 Å². The van der Waals surface area contributed by atoms with Crippen LogP contribution < -0.4 is 14.8 Å². The Labute approximate surface area is 166 Å². The number of anilines is 1. The molecule has 0 aliphatic carbocycles. The van der Waals surface area contributed by atoms with E-state index < -0.39 is 5.82 Å². The molecule has 0 radical (unpaired) electrons. The van der Waals surface area contributed by atoms with Crippen molar-refractivity contribution in [2.45, 2.75) is 33.7 Å². The second kappa shape index (κ2) is 10.5. The van der Waals surface area contributed by atoms with E-state index in [1.165, 1.54) is 6.07 Å². The van der Waals surface area contributed by atoms with Crippen molar-refractivity contribution in [3.8, 4) is 11.5 Å². The average molecular weight is 388 g/mol. The molecule has 2 amide bonds. The second-order valence-electron chi connectivity index (χ2n) is 7.02. The maximum Gasteiger partial charge on any atom is 0.322 e. The summed E-state index contributed by atoms with van der Waals surface area (Å²) in [6.45, 7) is 7.69. The zero-order valence-corrected chi connectivity index (χ0v) is 17.0. The molecule has 0 saturated heterocycles. The molecule has 2 aromatic rings. The first-order valence-electron chi connectivity index (χ1n) is 9.54. The molecule has 0 aliphatic heterocycles. The first kappa shape index (κ1) is 21.5. The Morgan fingerprint density at radius 3 is 2.57 bits per heavy atom. The molecule has 0 atom stereocenters. The molecule has 1 N–H and O–H groups in total. The van der Waals surface area contributed by atoms with Crippen molar-refractivity contribution in [1.29, 1.82) is 0 Å². The van der Waals surface area contributed by atoms with E-state index in [4.69, 9.17) is 9.47 Å². The van der Waals surface area contributed by atoms with Crippen LogP contribution in [0.2, 0.25) is 0 Å². The van der Waals surface area contributed by atoms with Gasteiger partial charge in [-0.05, 0) is 42.2 Å². The first-order valence-corrected chi connectivity index (χ1v) is 9.54. The normalized spacial score (nSPS) is 10.6. The zero-order chi connectivity index (χ0) is 20.5. The third-order valence-electron chi connectivity index (χ3n) is 4.07. The summed E-state index contributed by atoms with van der Waals surface area (Å²) in [7, 11) is 1.59. The van der Waals surface area contributed by atoms with E-state index in [0.29, 0.717) is 37.1 Å². The minimum absolute atomic E-state index is 0.170. The maximum absolute atomic E-state index is 13.8. The fourth-order valence-corrected chi connectivity index (χ4v) is 2.69.